The monoisotopic (exact) mass is 372 g/mol. The Hall–Kier alpha value is -3.89. The Bertz CT molecular complexity index is 1330. The Morgan fingerprint density at radius 2 is 0.931 bits per heavy atom. The Labute approximate surface area is 169 Å². The van der Waals surface area contributed by atoms with E-state index in [-0.39, 0.29) is 5.82 Å². The molecule has 0 amide bonds. The zero-order valence-corrected chi connectivity index (χ0v) is 15.7. The highest BCUT2D eigenvalue weighted by Crippen LogP contribution is 2.31. The molecule has 1 heteroatoms. The second-order valence-corrected chi connectivity index (χ2v) is 6.97. The van der Waals surface area contributed by atoms with Gasteiger partial charge in [0.15, 0.2) is 0 Å². The van der Waals surface area contributed by atoms with Crippen LogP contribution in [-0.4, -0.2) is 0 Å². The van der Waals surface area contributed by atoms with Gasteiger partial charge in [0.1, 0.15) is 5.82 Å². The highest BCUT2D eigenvalue weighted by atomic mass is 19.1. The summed E-state index contributed by atoms with van der Waals surface area (Å²) in [5.41, 5.74) is 4.14. The van der Waals surface area contributed by atoms with Crippen LogP contribution >= 0.6 is 0 Å². The summed E-state index contributed by atoms with van der Waals surface area (Å²) in [6.45, 7) is 0. The van der Waals surface area contributed by atoms with E-state index in [2.05, 4.69) is 36.1 Å². The molecule has 5 aromatic carbocycles. The van der Waals surface area contributed by atoms with Crippen LogP contribution in [0.5, 0.6) is 0 Å². The second-order valence-electron chi connectivity index (χ2n) is 6.97. The lowest BCUT2D eigenvalue weighted by molar-refractivity contribution is 0.651. The number of rotatable bonds is 1. The third-order valence-electron chi connectivity index (χ3n) is 5.19. The summed E-state index contributed by atoms with van der Waals surface area (Å²) in [5, 5.41) is 2.90. The molecule has 0 aliphatic heterocycles. The Balaban J connectivity index is 1.63. The van der Waals surface area contributed by atoms with E-state index in [4.69, 9.17) is 0 Å². The number of hydrogen-bond donors (Lipinski definition) is 0. The van der Waals surface area contributed by atoms with Crippen molar-refractivity contribution in [1.82, 2.24) is 0 Å². The molecular formula is C28H17F. The van der Waals surface area contributed by atoms with Gasteiger partial charge < -0.3 is 0 Å². The van der Waals surface area contributed by atoms with Crippen molar-refractivity contribution in [3.05, 3.63) is 120 Å². The molecule has 5 aromatic rings. The molecule has 0 saturated heterocycles. The molecule has 0 heterocycles. The fourth-order valence-corrected chi connectivity index (χ4v) is 3.72. The van der Waals surface area contributed by atoms with Crippen LogP contribution in [0.1, 0.15) is 11.1 Å². The lowest BCUT2D eigenvalue weighted by atomic mass is 9.96. The van der Waals surface area contributed by atoms with Gasteiger partial charge in [0.05, 0.1) is 0 Å². The van der Waals surface area contributed by atoms with E-state index >= 15 is 0 Å². The summed E-state index contributed by atoms with van der Waals surface area (Å²) in [6.07, 6.45) is 0. The van der Waals surface area contributed by atoms with Crippen LogP contribution in [0, 0.1) is 17.7 Å². The summed E-state index contributed by atoms with van der Waals surface area (Å²) in [7, 11) is 0. The van der Waals surface area contributed by atoms with E-state index in [9.17, 15) is 4.39 Å². The quantitative estimate of drug-likeness (QED) is 0.216. The van der Waals surface area contributed by atoms with Crippen molar-refractivity contribution in [1.29, 1.82) is 0 Å². The largest absolute Gasteiger partial charge is 0.206 e. The van der Waals surface area contributed by atoms with Gasteiger partial charge in [-0.25, -0.2) is 4.39 Å². The molecule has 5 rings (SSSR count). The summed E-state index contributed by atoms with van der Waals surface area (Å²) < 4.78 is 15.0. The minimum absolute atomic E-state index is 0.186. The van der Waals surface area contributed by atoms with Crippen molar-refractivity contribution < 1.29 is 4.39 Å². The number of benzene rings is 5. The van der Waals surface area contributed by atoms with Crippen LogP contribution in [0.2, 0.25) is 0 Å². The standard InChI is InChI=1S/C28H17F/c29-28-26-12-6-4-10-23(26)25(24-11-5-7-13-27(24)28)19-16-20-14-17-22(18-15-20)21-8-2-1-3-9-21/h1-15,17-18H. The minimum atomic E-state index is -0.186. The second kappa shape index (κ2) is 7.26. The molecule has 0 N–H and O–H groups in total. The maximum absolute atomic E-state index is 15.0. The average Bonchev–Trinajstić information content (AvgIpc) is 2.80. The first-order chi connectivity index (χ1) is 14.3. The van der Waals surface area contributed by atoms with Crippen LogP contribution in [0.15, 0.2) is 103 Å². The van der Waals surface area contributed by atoms with Crippen molar-refractivity contribution in [2.75, 3.05) is 0 Å². The maximum Gasteiger partial charge on any atom is 0.138 e. The molecule has 0 atom stereocenters. The molecule has 0 radical (unpaired) electrons. The Morgan fingerprint density at radius 3 is 1.52 bits per heavy atom. The SMILES string of the molecule is Fc1c2ccccc2c(C#Cc2ccc(-c3ccccc3)cc2)c2ccccc12. The predicted octanol–water partition coefficient (Wildman–Crippen LogP) is 7.20. The van der Waals surface area contributed by atoms with Gasteiger partial charge >= 0.3 is 0 Å². The van der Waals surface area contributed by atoms with Crippen molar-refractivity contribution in [2.24, 2.45) is 0 Å². The third kappa shape index (κ3) is 3.16. The lowest BCUT2D eigenvalue weighted by Gasteiger charge is -2.08. The van der Waals surface area contributed by atoms with Gasteiger partial charge in [0, 0.05) is 32.7 Å². The van der Waals surface area contributed by atoms with Crippen molar-refractivity contribution >= 4 is 21.5 Å². The van der Waals surface area contributed by atoms with Crippen molar-refractivity contribution in [3.8, 4) is 23.0 Å². The molecule has 0 aliphatic carbocycles. The molecule has 0 nitrogen and oxygen atoms in total. The van der Waals surface area contributed by atoms with Crippen molar-refractivity contribution in [2.45, 2.75) is 0 Å². The van der Waals surface area contributed by atoms with Crippen LogP contribution in [0.3, 0.4) is 0 Å². The summed E-state index contributed by atoms with van der Waals surface area (Å²) >= 11 is 0. The van der Waals surface area contributed by atoms with E-state index in [0.717, 1.165) is 27.5 Å². The molecule has 136 valence electrons. The first-order valence-electron chi connectivity index (χ1n) is 9.58. The first-order valence-corrected chi connectivity index (χ1v) is 9.58. The smallest absolute Gasteiger partial charge is 0.138 e. The molecule has 0 bridgehead atoms. The van der Waals surface area contributed by atoms with Gasteiger partial charge in [-0.3, -0.25) is 0 Å². The topological polar surface area (TPSA) is 0 Å². The van der Waals surface area contributed by atoms with E-state index in [0.29, 0.717) is 10.8 Å². The van der Waals surface area contributed by atoms with Gasteiger partial charge in [0.2, 0.25) is 0 Å². The lowest BCUT2D eigenvalue weighted by Crippen LogP contribution is -1.89. The third-order valence-corrected chi connectivity index (χ3v) is 5.19. The molecule has 0 saturated carbocycles. The molecule has 0 fully saturated rings. The highest BCUT2D eigenvalue weighted by Gasteiger charge is 2.11. The van der Waals surface area contributed by atoms with Crippen LogP contribution in [0.25, 0.3) is 32.7 Å². The number of hydrogen-bond acceptors (Lipinski definition) is 0. The summed E-state index contributed by atoms with van der Waals surface area (Å²) in [5.74, 6) is 6.40. The van der Waals surface area contributed by atoms with Crippen LogP contribution in [-0.2, 0) is 0 Å². The van der Waals surface area contributed by atoms with Crippen molar-refractivity contribution in [3.63, 3.8) is 0 Å². The normalized spacial score (nSPS) is 10.7. The van der Waals surface area contributed by atoms with Gasteiger partial charge in [-0.05, 0) is 23.3 Å². The van der Waals surface area contributed by atoms with Crippen LogP contribution in [0.4, 0.5) is 4.39 Å². The molecule has 0 aromatic heterocycles. The molecule has 0 spiro atoms. The number of halogens is 1. The average molecular weight is 372 g/mol. The Kier molecular flexibility index (Phi) is 4.31. The highest BCUT2D eigenvalue weighted by molar-refractivity contribution is 6.05. The maximum atomic E-state index is 15.0. The summed E-state index contributed by atoms with van der Waals surface area (Å²) in [6, 6.07) is 33.6. The van der Waals surface area contributed by atoms with Gasteiger partial charge in [-0.2, -0.15) is 0 Å². The predicted molar refractivity (Wildman–Crippen MR) is 119 cm³/mol. The molecule has 0 unspecified atom stereocenters. The Morgan fingerprint density at radius 1 is 0.448 bits per heavy atom. The number of fused-ring (bicyclic) bond motifs is 2. The molecular weight excluding hydrogens is 355 g/mol. The van der Waals surface area contributed by atoms with Crippen LogP contribution < -0.4 is 0 Å². The minimum Gasteiger partial charge on any atom is -0.206 e. The first kappa shape index (κ1) is 17.2. The molecule has 29 heavy (non-hydrogen) atoms. The fourth-order valence-electron chi connectivity index (χ4n) is 3.72. The molecule has 0 aliphatic rings. The fraction of sp³-hybridized carbons (Fsp3) is 0. The van der Waals surface area contributed by atoms with Gasteiger partial charge in [-0.1, -0.05) is 103 Å². The van der Waals surface area contributed by atoms with E-state index in [1.807, 2.05) is 78.9 Å². The zero-order valence-electron chi connectivity index (χ0n) is 15.7. The van der Waals surface area contributed by atoms with E-state index in [1.165, 1.54) is 5.56 Å². The van der Waals surface area contributed by atoms with Gasteiger partial charge in [-0.15, -0.1) is 0 Å². The van der Waals surface area contributed by atoms with E-state index in [1.54, 1.807) is 0 Å². The zero-order chi connectivity index (χ0) is 19.6. The summed E-state index contributed by atoms with van der Waals surface area (Å²) in [4.78, 5) is 0. The van der Waals surface area contributed by atoms with Gasteiger partial charge in [0.25, 0.3) is 0 Å². The van der Waals surface area contributed by atoms with E-state index < -0.39 is 0 Å².